The van der Waals surface area contributed by atoms with Crippen molar-refractivity contribution in [1.29, 1.82) is 0 Å². The van der Waals surface area contributed by atoms with Gasteiger partial charge >= 0.3 is 0 Å². The molecule has 0 unspecified atom stereocenters. The predicted octanol–water partition coefficient (Wildman–Crippen LogP) is 3.84. The molecule has 8 aromatic carbocycles. The quantitative estimate of drug-likeness (QED) is 0.184. The van der Waals surface area contributed by atoms with Gasteiger partial charge in [-0.15, -0.1) is 0 Å². The highest BCUT2D eigenvalue weighted by Gasteiger charge is 2.46. The Balaban J connectivity index is 0.00000232. The molecule has 256 valence electrons. The van der Waals surface area contributed by atoms with Crippen LogP contribution in [0.5, 0.6) is 0 Å². The highest BCUT2D eigenvalue weighted by molar-refractivity contribution is 7.95. The summed E-state index contributed by atoms with van der Waals surface area (Å²) in [6, 6.07) is 81.6. The monoisotopic (exact) mass is 836 g/mol. The van der Waals surface area contributed by atoms with Gasteiger partial charge < -0.3 is 34.0 Å². The lowest BCUT2D eigenvalue weighted by atomic mass is 10.1. The minimum Gasteiger partial charge on any atom is -1.00 e. The molecule has 0 heterocycles. The molecule has 0 nitrogen and oxygen atoms in total. The van der Waals surface area contributed by atoms with Crippen LogP contribution in [0.1, 0.15) is 11.1 Å². The summed E-state index contributed by atoms with van der Waals surface area (Å²) in [5.41, 5.74) is 2.74. The largest absolute Gasteiger partial charge is 1.00 e. The van der Waals surface area contributed by atoms with Gasteiger partial charge in [-0.1, -0.05) is 133 Å². The van der Waals surface area contributed by atoms with E-state index < -0.39 is 14.5 Å². The van der Waals surface area contributed by atoms with Crippen LogP contribution in [0.25, 0.3) is 10.8 Å². The van der Waals surface area contributed by atoms with Crippen LogP contribution in [0.15, 0.2) is 218 Å². The van der Waals surface area contributed by atoms with E-state index in [1.807, 2.05) is 0 Å². The van der Waals surface area contributed by atoms with Gasteiger partial charge in [0.1, 0.15) is 46.4 Å². The Bertz CT molecular complexity index is 1940. The molecule has 0 saturated heterocycles. The van der Waals surface area contributed by atoms with Crippen molar-refractivity contribution in [3.8, 4) is 0 Å². The molecular weight excluding hydrogens is 798 g/mol. The smallest absolute Gasteiger partial charge is 0.116 e. The van der Waals surface area contributed by atoms with Crippen LogP contribution >= 0.6 is 14.5 Å². The first kappa shape index (κ1) is 37.6. The molecular formula is C48H40Br2P2. The van der Waals surface area contributed by atoms with Crippen molar-refractivity contribution in [3.05, 3.63) is 230 Å². The lowest BCUT2D eigenvalue weighted by molar-refractivity contribution is -0.00100. The van der Waals surface area contributed by atoms with E-state index in [0.717, 1.165) is 12.3 Å². The van der Waals surface area contributed by atoms with Crippen molar-refractivity contribution in [3.63, 3.8) is 0 Å². The lowest BCUT2D eigenvalue weighted by Crippen LogP contribution is -3.00. The number of fused-ring (bicyclic) bond motifs is 1. The minimum absolute atomic E-state index is 0. The molecule has 0 aliphatic carbocycles. The molecule has 52 heavy (non-hydrogen) atoms. The van der Waals surface area contributed by atoms with Gasteiger partial charge in [-0.25, -0.2) is 0 Å². The zero-order chi connectivity index (χ0) is 33.6. The topological polar surface area (TPSA) is 0 Å². The van der Waals surface area contributed by atoms with E-state index in [-0.39, 0.29) is 34.0 Å². The summed E-state index contributed by atoms with van der Waals surface area (Å²) in [4.78, 5) is 0. The van der Waals surface area contributed by atoms with Crippen LogP contribution in [-0.2, 0) is 12.3 Å². The third-order valence-electron chi connectivity index (χ3n) is 9.99. The van der Waals surface area contributed by atoms with Crippen molar-refractivity contribution < 1.29 is 34.0 Å². The van der Waals surface area contributed by atoms with E-state index >= 15 is 0 Å². The molecule has 0 saturated carbocycles. The summed E-state index contributed by atoms with van der Waals surface area (Å²) in [5.74, 6) is 0. The number of hydrogen-bond acceptors (Lipinski definition) is 0. The first-order valence-electron chi connectivity index (χ1n) is 17.4. The second-order valence-corrected chi connectivity index (χ2v) is 19.9. The Labute approximate surface area is 330 Å². The molecule has 0 radical (unpaired) electrons. The first-order valence-corrected chi connectivity index (χ1v) is 21.3. The Morgan fingerprint density at radius 2 is 0.481 bits per heavy atom. The van der Waals surface area contributed by atoms with Crippen LogP contribution in [0.4, 0.5) is 0 Å². The van der Waals surface area contributed by atoms with E-state index in [0.29, 0.717) is 0 Å². The molecule has 0 N–H and O–H groups in total. The summed E-state index contributed by atoms with van der Waals surface area (Å²) in [6.07, 6.45) is 1.92. The van der Waals surface area contributed by atoms with Gasteiger partial charge in [-0.05, 0) is 107 Å². The summed E-state index contributed by atoms with van der Waals surface area (Å²) >= 11 is 0. The zero-order valence-corrected chi connectivity index (χ0v) is 33.8. The SMILES string of the molecule is [Br-].[Br-].c1ccc([P+](Cc2ccc3ccc(C[P+](c4ccccc4)(c4ccccc4)c4ccccc4)cc3c2)(c2ccccc2)c2ccccc2)cc1. The molecule has 8 rings (SSSR count). The second-order valence-electron chi connectivity index (χ2n) is 13.0. The summed E-state index contributed by atoms with van der Waals surface area (Å²) in [5, 5.41) is 11.1. The molecule has 4 heteroatoms. The molecule has 0 atom stereocenters. The normalized spacial score (nSPS) is 11.3. The van der Waals surface area contributed by atoms with E-state index in [1.54, 1.807) is 0 Å². The molecule has 8 aromatic rings. The van der Waals surface area contributed by atoms with Crippen molar-refractivity contribution in [2.75, 3.05) is 0 Å². The number of rotatable bonds is 10. The number of hydrogen-bond donors (Lipinski definition) is 0. The maximum Gasteiger partial charge on any atom is 0.116 e. The first-order chi connectivity index (χ1) is 24.8. The van der Waals surface area contributed by atoms with Gasteiger partial charge in [0.25, 0.3) is 0 Å². The third kappa shape index (κ3) is 7.37. The Morgan fingerprint density at radius 3 is 0.712 bits per heavy atom. The number of halogens is 2. The van der Waals surface area contributed by atoms with Gasteiger partial charge in [0.15, 0.2) is 0 Å². The maximum absolute atomic E-state index is 2.47. The lowest BCUT2D eigenvalue weighted by Gasteiger charge is -2.28. The Hall–Kier alpha value is -4.16. The molecule has 0 bridgehead atoms. The summed E-state index contributed by atoms with van der Waals surface area (Å²) in [6.45, 7) is 0. The Kier molecular flexibility index (Phi) is 12.4. The molecule has 0 amide bonds. The fourth-order valence-electron chi connectivity index (χ4n) is 7.63. The highest BCUT2D eigenvalue weighted by atomic mass is 79.9. The van der Waals surface area contributed by atoms with Gasteiger partial charge in [0.05, 0.1) is 12.3 Å². The van der Waals surface area contributed by atoms with Gasteiger partial charge in [-0.3, -0.25) is 0 Å². The van der Waals surface area contributed by atoms with Crippen LogP contribution in [-0.4, -0.2) is 0 Å². The van der Waals surface area contributed by atoms with Crippen molar-refractivity contribution >= 4 is 57.1 Å². The van der Waals surface area contributed by atoms with Gasteiger partial charge in [0.2, 0.25) is 0 Å². The van der Waals surface area contributed by atoms with Gasteiger partial charge in [0, 0.05) is 0 Å². The minimum atomic E-state index is -2.01. The summed E-state index contributed by atoms with van der Waals surface area (Å²) < 4.78 is 0. The Morgan fingerprint density at radius 1 is 0.250 bits per heavy atom. The molecule has 0 spiro atoms. The summed E-state index contributed by atoms with van der Waals surface area (Å²) in [7, 11) is -4.03. The fraction of sp³-hybridized carbons (Fsp3) is 0.0417. The fourth-order valence-corrected chi connectivity index (χ4v) is 16.1. The number of benzene rings is 8. The third-order valence-corrected chi connectivity index (χ3v) is 18.7. The highest BCUT2D eigenvalue weighted by Crippen LogP contribution is 2.59. The van der Waals surface area contributed by atoms with Crippen LogP contribution in [0, 0.1) is 0 Å². The second kappa shape index (κ2) is 17.1. The molecule has 0 aliphatic rings. The van der Waals surface area contributed by atoms with Crippen LogP contribution in [0.3, 0.4) is 0 Å². The average molecular weight is 839 g/mol. The van der Waals surface area contributed by atoms with Crippen LogP contribution < -0.4 is 65.8 Å². The van der Waals surface area contributed by atoms with E-state index in [2.05, 4.69) is 218 Å². The van der Waals surface area contributed by atoms with Crippen molar-refractivity contribution in [2.24, 2.45) is 0 Å². The van der Waals surface area contributed by atoms with E-state index in [4.69, 9.17) is 0 Å². The standard InChI is InChI=1S/C48H40P2.2BrH/c1-7-19-43(20-8-1)49(44-21-9-2-10-22-44,45-23-11-3-12-24-45)37-39-31-33-41-34-32-40(36-42(41)35-39)38-50(46-25-13-4-14-26-46,47-27-15-5-16-28-47)48-29-17-6-18-30-48;;/h1-36H,37-38H2;2*1H/q+2;;/p-2. The maximum atomic E-state index is 2.47. The van der Waals surface area contributed by atoms with Gasteiger partial charge in [-0.2, -0.15) is 0 Å². The molecule has 0 aliphatic heterocycles. The zero-order valence-electron chi connectivity index (χ0n) is 28.8. The molecule has 0 aromatic heterocycles. The predicted molar refractivity (Wildman–Crippen MR) is 222 cm³/mol. The average Bonchev–Trinajstić information content (AvgIpc) is 3.21. The van der Waals surface area contributed by atoms with Crippen molar-refractivity contribution in [1.82, 2.24) is 0 Å². The molecule has 0 fully saturated rings. The van der Waals surface area contributed by atoms with E-state index in [9.17, 15) is 0 Å². The van der Waals surface area contributed by atoms with E-state index in [1.165, 1.54) is 53.7 Å². The van der Waals surface area contributed by atoms with Crippen molar-refractivity contribution in [2.45, 2.75) is 12.3 Å². The van der Waals surface area contributed by atoms with Crippen LogP contribution in [0.2, 0.25) is 0 Å².